The van der Waals surface area contributed by atoms with Gasteiger partial charge >= 0.3 is 5.69 Å². The Hall–Kier alpha value is -3.87. The van der Waals surface area contributed by atoms with Crippen molar-refractivity contribution in [3.05, 3.63) is 94.5 Å². The van der Waals surface area contributed by atoms with Crippen molar-refractivity contribution in [3.8, 4) is 23.0 Å². The van der Waals surface area contributed by atoms with Crippen LogP contribution in [-0.4, -0.2) is 19.7 Å². The summed E-state index contributed by atoms with van der Waals surface area (Å²) in [6.45, 7) is 3.14. The zero-order valence-electron chi connectivity index (χ0n) is 16.6. The molecule has 4 aromatic rings. The first-order chi connectivity index (χ1) is 14.7. The van der Waals surface area contributed by atoms with E-state index in [1.54, 1.807) is 12.3 Å². The van der Waals surface area contributed by atoms with E-state index in [1.807, 2.05) is 67.6 Å². The molecular formula is C23H22N4O3. The van der Waals surface area contributed by atoms with Gasteiger partial charge in [-0.25, -0.2) is 14.9 Å². The quantitative estimate of drug-likeness (QED) is 0.485. The Kier molecular flexibility index (Phi) is 5.89. The van der Waals surface area contributed by atoms with Gasteiger partial charge in [0.05, 0.1) is 6.20 Å². The number of ether oxygens (including phenoxy) is 2. The van der Waals surface area contributed by atoms with Crippen LogP contribution in [0.2, 0.25) is 0 Å². The molecule has 0 bridgehead atoms. The first kappa shape index (κ1) is 19.4. The summed E-state index contributed by atoms with van der Waals surface area (Å²) >= 11 is 0. The number of aromatic amines is 1. The number of hydrogen-bond donors (Lipinski definition) is 1. The molecule has 0 amide bonds. The van der Waals surface area contributed by atoms with Gasteiger partial charge in [-0.05, 0) is 18.1 Å². The zero-order valence-corrected chi connectivity index (χ0v) is 16.6. The monoisotopic (exact) mass is 402 g/mol. The Bertz CT molecular complexity index is 1150. The highest BCUT2D eigenvalue weighted by Gasteiger charge is 2.15. The highest BCUT2D eigenvalue weighted by molar-refractivity contribution is 5.55. The zero-order chi connectivity index (χ0) is 20.8. The summed E-state index contributed by atoms with van der Waals surface area (Å²) in [5, 5.41) is 6.58. The minimum atomic E-state index is -0.273. The molecule has 1 N–H and O–H groups in total. The van der Waals surface area contributed by atoms with E-state index in [9.17, 15) is 4.79 Å². The minimum absolute atomic E-state index is 0.273. The van der Waals surface area contributed by atoms with Crippen molar-refractivity contribution in [2.24, 2.45) is 0 Å². The van der Waals surface area contributed by atoms with E-state index in [2.05, 4.69) is 15.2 Å². The summed E-state index contributed by atoms with van der Waals surface area (Å²) in [7, 11) is 0. The molecule has 0 atom stereocenters. The Morgan fingerprint density at radius 3 is 2.10 bits per heavy atom. The van der Waals surface area contributed by atoms with Crippen LogP contribution in [0.15, 0.2) is 77.7 Å². The van der Waals surface area contributed by atoms with Crippen molar-refractivity contribution in [3.63, 3.8) is 0 Å². The molecule has 30 heavy (non-hydrogen) atoms. The Labute approximate surface area is 173 Å². The van der Waals surface area contributed by atoms with E-state index in [0.29, 0.717) is 42.8 Å². The van der Waals surface area contributed by atoms with Crippen LogP contribution in [0.3, 0.4) is 0 Å². The lowest BCUT2D eigenvalue weighted by atomic mass is 10.2. The van der Waals surface area contributed by atoms with Crippen LogP contribution in [0.25, 0.3) is 11.5 Å². The second-order valence-electron chi connectivity index (χ2n) is 6.66. The smallest absolute Gasteiger partial charge is 0.343 e. The molecule has 0 aliphatic heterocycles. The summed E-state index contributed by atoms with van der Waals surface area (Å²) in [5.41, 5.74) is 2.34. The topological polar surface area (TPSA) is 82.0 Å². The Morgan fingerprint density at radius 1 is 0.900 bits per heavy atom. The molecule has 0 saturated heterocycles. The normalized spacial score (nSPS) is 10.7. The fraction of sp³-hybridized carbons (Fsp3) is 0.174. The van der Waals surface area contributed by atoms with Crippen molar-refractivity contribution in [1.29, 1.82) is 0 Å². The average Bonchev–Trinajstić information content (AvgIpc) is 3.18. The van der Waals surface area contributed by atoms with Crippen molar-refractivity contribution in [1.82, 2.24) is 19.7 Å². The molecule has 0 spiro atoms. The molecular weight excluding hydrogens is 380 g/mol. The van der Waals surface area contributed by atoms with Gasteiger partial charge in [-0.1, -0.05) is 60.7 Å². The number of H-pyrrole nitrogens is 1. The lowest BCUT2D eigenvalue weighted by Gasteiger charge is -2.14. The molecule has 2 aromatic heterocycles. The van der Waals surface area contributed by atoms with E-state index >= 15 is 0 Å². The number of benzene rings is 2. The summed E-state index contributed by atoms with van der Waals surface area (Å²) < 4.78 is 13.6. The summed E-state index contributed by atoms with van der Waals surface area (Å²) in [6, 6.07) is 21.5. The largest absolute Gasteiger partial charge is 0.485 e. The molecule has 2 aromatic carbocycles. The fourth-order valence-corrected chi connectivity index (χ4v) is 3.05. The Balaban J connectivity index is 1.63. The summed E-state index contributed by atoms with van der Waals surface area (Å²) in [5.74, 6) is 1.53. The van der Waals surface area contributed by atoms with Gasteiger partial charge < -0.3 is 9.47 Å². The molecule has 0 aliphatic carbocycles. The number of nitrogens with zero attached hydrogens (tertiary/aromatic N) is 3. The second kappa shape index (κ2) is 9.09. The number of rotatable bonds is 8. The molecule has 7 nitrogen and oxygen atoms in total. The first-order valence-electron chi connectivity index (χ1n) is 9.73. The minimum Gasteiger partial charge on any atom is -0.485 e. The fourth-order valence-electron chi connectivity index (χ4n) is 3.05. The van der Waals surface area contributed by atoms with Crippen LogP contribution < -0.4 is 15.2 Å². The maximum atomic E-state index is 11.9. The third kappa shape index (κ3) is 4.41. The third-order valence-corrected chi connectivity index (χ3v) is 4.61. The van der Waals surface area contributed by atoms with Gasteiger partial charge in [-0.2, -0.15) is 5.10 Å². The molecule has 0 unspecified atom stereocenters. The summed E-state index contributed by atoms with van der Waals surface area (Å²) in [6.07, 6.45) is 1.61. The maximum absolute atomic E-state index is 11.9. The molecule has 7 heteroatoms. The number of nitrogens with one attached hydrogen (secondary N) is 1. The lowest BCUT2D eigenvalue weighted by Crippen LogP contribution is -2.16. The predicted molar refractivity (Wildman–Crippen MR) is 113 cm³/mol. The number of aromatic nitrogens is 4. The van der Waals surface area contributed by atoms with Gasteiger partial charge in [0.1, 0.15) is 18.9 Å². The van der Waals surface area contributed by atoms with Crippen LogP contribution in [-0.2, 0) is 19.8 Å². The van der Waals surface area contributed by atoms with Crippen LogP contribution in [0.4, 0.5) is 0 Å². The van der Waals surface area contributed by atoms with Crippen LogP contribution in [0.1, 0.15) is 18.1 Å². The average molecular weight is 402 g/mol. The highest BCUT2D eigenvalue weighted by atomic mass is 16.5. The van der Waals surface area contributed by atoms with Gasteiger partial charge in [0.2, 0.25) is 0 Å². The van der Waals surface area contributed by atoms with Gasteiger partial charge in [0.25, 0.3) is 0 Å². The van der Waals surface area contributed by atoms with Crippen LogP contribution >= 0.6 is 0 Å². The highest BCUT2D eigenvalue weighted by Crippen LogP contribution is 2.31. The van der Waals surface area contributed by atoms with Gasteiger partial charge in [-0.15, -0.1) is 0 Å². The van der Waals surface area contributed by atoms with Crippen molar-refractivity contribution >= 4 is 0 Å². The van der Waals surface area contributed by atoms with E-state index in [4.69, 9.17) is 9.47 Å². The molecule has 0 fully saturated rings. The number of pyridine rings is 1. The third-order valence-electron chi connectivity index (χ3n) is 4.61. The van der Waals surface area contributed by atoms with Crippen molar-refractivity contribution in [2.45, 2.75) is 26.7 Å². The van der Waals surface area contributed by atoms with Crippen molar-refractivity contribution < 1.29 is 9.47 Å². The molecule has 0 radical (unpaired) electrons. The summed E-state index contributed by atoms with van der Waals surface area (Å²) in [4.78, 5) is 16.4. The van der Waals surface area contributed by atoms with E-state index in [0.717, 1.165) is 11.1 Å². The van der Waals surface area contributed by atoms with E-state index in [-0.39, 0.29) is 5.69 Å². The molecule has 2 heterocycles. The standard InChI is InChI=1S/C23H22N4O3/c1-2-27-22(25-26-23(27)28)19-13-20(29-15-17-9-5-3-6-10-17)21(14-24-19)30-16-18-11-7-4-8-12-18/h3-14H,2,15-16H2,1H3,(H,26,28). The maximum Gasteiger partial charge on any atom is 0.343 e. The SMILES string of the molecule is CCn1c(-c2cc(OCc3ccccc3)c(OCc3ccccc3)cn2)n[nH]c1=O. The Morgan fingerprint density at radius 2 is 1.50 bits per heavy atom. The molecule has 152 valence electrons. The van der Waals surface area contributed by atoms with E-state index in [1.165, 1.54) is 4.57 Å². The number of hydrogen-bond acceptors (Lipinski definition) is 5. The van der Waals surface area contributed by atoms with E-state index < -0.39 is 0 Å². The predicted octanol–water partition coefficient (Wildman–Crippen LogP) is 3.81. The van der Waals surface area contributed by atoms with Crippen molar-refractivity contribution in [2.75, 3.05) is 0 Å². The first-order valence-corrected chi connectivity index (χ1v) is 9.73. The second-order valence-corrected chi connectivity index (χ2v) is 6.66. The van der Waals surface area contributed by atoms with Crippen LogP contribution in [0, 0.1) is 0 Å². The van der Waals surface area contributed by atoms with Gasteiger partial charge in [0, 0.05) is 12.6 Å². The lowest BCUT2D eigenvalue weighted by molar-refractivity contribution is 0.255. The molecule has 0 aliphatic rings. The van der Waals surface area contributed by atoms with Gasteiger partial charge in [-0.3, -0.25) is 4.57 Å². The molecule has 4 rings (SSSR count). The molecule has 0 saturated carbocycles. The van der Waals surface area contributed by atoms with Crippen LogP contribution in [0.5, 0.6) is 11.5 Å². The van der Waals surface area contributed by atoms with Gasteiger partial charge in [0.15, 0.2) is 17.3 Å².